The van der Waals surface area contributed by atoms with Crippen LogP contribution < -0.4 is 4.74 Å². The molecule has 0 unspecified atom stereocenters. The summed E-state index contributed by atoms with van der Waals surface area (Å²) >= 11 is 0. The van der Waals surface area contributed by atoms with Gasteiger partial charge in [-0.3, -0.25) is 4.79 Å². The van der Waals surface area contributed by atoms with Crippen LogP contribution in [0.1, 0.15) is 5.56 Å². The van der Waals surface area contributed by atoms with Crippen LogP contribution in [-0.4, -0.2) is 18.2 Å². The van der Waals surface area contributed by atoms with Crippen molar-refractivity contribution in [3.63, 3.8) is 0 Å². The van der Waals surface area contributed by atoms with Gasteiger partial charge >= 0.3 is 5.97 Å². The summed E-state index contributed by atoms with van der Waals surface area (Å²) in [5, 5.41) is 8.75. The predicted octanol–water partition coefficient (Wildman–Crippen LogP) is 3.27. The zero-order valence-corrected chi connectivity index (χ0v) is 10.7. The summed E-state index contributed by atoms with van der Waals surface area (Å²) in [5.41, 5.74) is 0.449. The number of carboxylic acids is 1. The maximum Gasteiger partial charge on any atom is 0.307 e. The van der Waals surface area contributed by atoms with Crippen molar-refractivity contribution < 1.29 is 23.4 Å². The fraction of sp³-hybridized carbons (Fsp3) is 0.133. The van der Waals surface area contributed by atoms with E-state index in [-0.39, 0.29) is 17.5 Å². The van der Waals surface area contributed by atoms with E-state index in [9.17, 15) is 13.6 Å². The van der Waals surface area contributed by atoms with Crippen molar-refractivity contribution in [2.75, 3.05) is 7.11 Å². The fourth-order valence-corrected chi connectivity index (χ4v) is 1.90. The second-order valence-corrected chi connectivity index (χ2v) is 4.23. The van der Waals surface area contributed by atoms with Crippen LogP contribution in [0.25, 0.3) is 11.1 Å². The van der Waals surface area contributed by atoms with E-state index in [0.29, 0.717) is 11.3 Å². The van der Waals surface area contributed by atoms with Crippen LogP contribution in [0.2, 0.25) is 0 Å². The Labute approximate surface area is 114 Å². The summed E-state index contributed by atoms with van der Waals surface area (Å²) in [5.74, 6) is -1.86. The lowest BCUT2D eigenvalue weighted by molar-refractivity contribution is -0.136. The molecular weight excluding hydrogens is 266 g/mol. The molecular formula is C15H12F2O3. The monoisotopic (exact) mass is 278 g/mol. The van der Waals surface area contributed by atoms with E-state index in [4.69, 9.17) is 9.84 Å². The van der Waals surface area contributed by atoms with Gasteiger partial charge in [0.2, 0.25) is 0 Å². The molecule has 2 rings (SSSR count). The number of hydrogen-bond acceptors (Lipinski definition) is 2. The molecule has 0 fully saturated rings. The average molecular weight is 278 g/mol. The molecule has 2 aromatic carbocycles. The van der Waals surface area contributed by atoms with Crippen LogP contribution in [0.15, 0.2) is 36.4 Å². The van der Waals surface area contributed by atoms with Crippen LogP contribution in [0.5, 0.6) is 5.75 Å². The molecule has 0 bridgehead atoms. The van der Waals surface area contributed by atoms with Gasteiger partial charge in [0.25, 0.3) is 0 Å². The van der Waals surface area contributed by atoms with E-state index >= 15 is 0 Å². The quantitative estimate of drug-likeness (QED) is 0.933. The summed E-state index contributed by atoms with van der Waals surface area (Å²) in [7, 11) is 1.42. The van der Waals surface area contributed by atoms with Crippen molar-refractivity contribution >= 4 is 5.97 Å². The van der Waals surface area contributed by atoms with Crippen molar-refractivity contribution in [2.45, 2.75) is 6.42 Å². The molecule has 0 aliphatic rings. The minimum absolute atomic E-state index is 0.0140. The fourth-order valence-electron chi connectivity index (χ4n) is 1.90. The first-order valence-corrected chi connectivity index (χ1v) is 5.85. The second kappa shape index (κ2) is 5.69. The Morgan fingerprint density at radius 3 is 2.30 bits per heavy atom. The molecule has 104 valence electrons. The number of carboxylic acid groups (broad SMARTS) is 1. The minimum atomic E-state index is -1.03. The molecule has 0 saturated heterocycles. The van der Waals surface area contributed by atoms with Gasteiger partial charge in [-0.1, -0.05) is 6.07 Å². The molecule has 0 radical (unpaired) electrons. The van der Waals surface area contributed by atoms with Crippen LogP contribution in [0, 0.1) is 11.6 Å². The Hall–Kier alpha value is -2.43. The third kappa shape index (κ3) is 2.93. The molecule has 2 aromatic rings. The Morgan fingerprint density at radius 1 is 1.10 bits per heavy atom. The molecule has 0 heterocycles. The van der Waals surface area contributed by atoms with Gasteiger partial charge in [-0.25, -0.2) is 8.78 Å². The highest BCUT2D eigenvalue weighted by atomic mass is 19.1. The number of ether oxygens (including phenoxy) is 1. The molecule has 0 saturated carbocycles. The molecule has 0 aliphatic carbocycles. The second-order valence-electron chi connectivity index (χ2n) is 4.23. The number of rotatable bonds is 4. The Balaban J connectivity index is 2.53. The number of carbonyl (C=O) groups is 1. The van der Waals surface area contributed by atoms with Gasteiger partial charge in [-0.15, -0.1) is 0 Å². The van der Waals surface area contributed by atoms with Crippen LogP contribution >= 0.6 is 0 Å². The highest BCUT2D eigenvalue weighted by Crippen LogP contribution is 2.30. The summed E-state index contributed by atoms with van der Waals surface area (Å²) in [6.45, 7) is 0. The third-order valence-corrected chi connectivity index (χ3v) is 2.85. The van der Waals surface area contributed by atoms with Gasteiger partial charge in [0.05, 0.1) is 13.5 Å². The van der Waals surface area contributed by atoms with E-state index in [0.717, 1.165) is 6.07 Å². The van der Waals surface area contributed by atoms with Gasteiger partial charge in [0.1, 0.15) is 17.4 Å². The summed E-state index contributed by atoms with van der Waals surface area (Å²) in [4.78, 5) is 10.7. The highest BCUT2D eigenvalue weighted by molar-refractivity contribution is 5.73. The number of benzene rings is 2. The van der Waals surface area contributed by atoms with E-state index in [1.165, 1.54) is 37.4 Å². The van der Waals surface area contributed by atoms with Crippen LogP contribution in [-0.2, 0) is 11.2 Å². The first-order chi connectivity index (χ1) is 9.51. The first kappa shape index (κ1) is 14.0. The van der Waals surface area contributed by atoms with E-state index in [2.05, 4.69) is 0 Å². The first-order valence-electron chi connectivity index (χ1n) is 5.85. The van der Waals surface area contributed by atoms with Gasteiger partial charge in [0, 0.05) is 11.1 Å². The number of methoxy groups -OCH3 is 1. The molecule has 3 nitrogen and oxygen atoms in total. The lowest BCUT2D eigenvalue weighted by atomic mass is 10.0. The van der Waals surface area contributed by atoms with Crippen molar-refractivity contribution in [3.05, 3.63) is 53.6 Å². The number of aliphatic carboxylic acids is 1. The van der Waals surface area contributed by atoms with Crippen LogP contribution in [0.4, 0.5) is 8.78 Å². The van der Waals surface area contributed by atoms with Crippen molar-refractivity contribution in [1.29, 1.82) is 0 Å². The molecule has 0 aliphatic heterocycles. The number of halogens is 2. The van der Waals surface area contributed by atoms with Crippen molar-refractivity contribution in [1.82, 2.24) is 0 Å². The van der Waals surface area contributed by atoms with Crippen molar-refractivity contribution in [3.8, 4) is 16.9 Å². The molecule has 1 N–H and O–H groups in total. The normalized spacial score (nSPS) is 10.3. The molecule has 0 spiro atoms. The topological polar surface area (TPSA) is 46.5 Å². The molecule has 20 heavy (non-hydrogen) atoms. The third-order valence-electron chi connectivity index (χ3n) is 2.85. The summed E-state index contributed by atoms with van der Waals surface area (Å²) in [6, 6.07) is 7.81. The van der Waals surface area contributed by atoms with Gasteiger partial charge < -0.3 is 9.84 Å². The predicted molar refractivity (Wildman–Crippen MR) is 69.7 cm³/mol. The van der Waals surface area contributed by atoms with Crippen LogP contribution in [0.3, 0.4) is 0 Å². The summed E-state index contributed by atoms with van der Waals surface area (Å²) in [6.07, 6.45) is -0.251. The SMILES string of the molecule is COc1ccc(F)c(-c2cc(CC(=O)O)ccc2F)c1. The largest absolute Gasteiger partial charge is 0.497 e. The zero-order valence-electron chi connectivity index (χ0n) is 10.7. The van der Waals surface area contributed by atoms with Crippen molar-refractivity contribution in [2.24, 2.45) is 0 Å². The van der Waals surface area contributed by atoms with Gasteiger partial charge in [-0.05, 0) is 35.9 Å². The Bertz CT molecular complexity index is 654. The van der Waals surface area contributed by atoms with E-state index < -0.39 is 17.6 Å². The lowest BCUT2D eigenvalue weighted by Gasteiger charge is -2.09. The highest BCUT2D eigenvalue weighted by Gasteiger charge is 2.13. The minimum Gasteiger partial charge on any atom is -0.497 e. The molecule has 0 aromatic heterocycles. The summed E-state index contributed by atoms with van der Waals surface area (Å²) < 4.78 is 32.7. The molecule has 0 amide bonds. The standard InChI is InChI=1S/C15H12F2O3/c1-20-10-3-5-14(17)12(8-10)11-6-9(7-15(18)19)2-4-13(11)16/h2-6,8H,7H2,1H3,(H,18,19). The average Bonchev–Trinajstić information content (AvgIpc) is 2.41. The van der Waals surface area contributed by atoms with Gasteiger partial charge in [0.15, 0.2) is 0 Å². The maximum atomic E-state index is 13.9. The number of hydrogen-bond donors (Lipinski definition) is 1. The maximum absolute atomic E-state index is 13.9. The van der Waals surface area contributed by atoms with E-state index in [1.54, 1.807) is 0 Å². The lowest BCUT2D eigenvalue weighted by Crippen LogP contribution is -2.01. The van der Waals surface area contributed by atoms with Gasteiger partial charge in [-0.2, -0.15) is 0 Å². The smallest absolute Gasteiger partial charge is 0.307 e. The Morgan fingerprint density at radius 2 is 1.70 bits per heavy atom. The Kier molecular flexibility index (Phi) is 3.98. The van der Waals surface area contributed by atoms with E-state index in [1.807, 2.05) is 0 Å². The molecule has 5 heteroatoms. The zero-order chi connectivity index (χ0) is 14.7. The molecule has 0 atom stereocenters.